The Bertz CT molecular complexity index is 258. The van der Waals surface area contributed by atoms with E-state index in [1.165, 1.54) is 57.8 Å². The molecule has 0 unspecified atom stereocenters. The quantitative estimate of drug-likeness (QED) is 0.481. The fraction of sp³-hybridized carbons (Fsp3) is 0.944. The van der Waals surface area contributed by atoms with E-state index in [-0.39, 0.29) is 12.1 Å². The van der Waals surface area contributed by atoms with Gasteiger partial charge in [-0.3, -0.25) is 9.69 Å². The van der Waals surface area contributed by atoms with Crippen molar-refractivity contribution in [2.75, 3.05) is 13.1 Å². The molecule has 0 fully saturated rings. The third kappa shape index (κ3) is 12.9. The summed E-state index contributed by atoms with van der Waals surface area (Å²) in [5.74, 6) is -0.725. The summed E-state index contributed by atoms with van der Waals surface area (Å²) in [6.07, 6.45) is 13.2. The van der Waals surface area contributed by atoms with E-state index in [1.807, 2.05) is 0 Å². The molecule has 0 aromatic rings. The highest BCUT2D eigenvalue weighted by Gasteiger charge is 2.22. The van der Waals surface area contributed by atoms with Gasteiger partial charge in [0.15, 0.2) is 0 Å². The molecule has 0 heterocycles. The van der Waals surface area contributed by atoms with Gasteiger partial charge in [-0.05, 0) is 33.7 Å². The van der Waals surface area contributed by atoms with Crippen LogP contribution in [0.3, 0.4) is 0 Å². The first kappa shape index (κ1) is 20.4. The number of hydrogen-bond donors (Lipinski definition) is 1. The lowest BCUT2D eigenvalue weighted by Gasteiger charge is -2.34. The first-order valence-electron chi connectivity index (χ1n) is 8.84. The van der Waals surface area contributed by atoms with Crippen molar-refractivity contribution in [3.63, 3.8) is 0 Å². The van der Waals surface area contributed by atoms with Gasteiger partial charge in [0.05, 0.1) is 6.54 Å². The van der Waals surface area contributed by atoms with Crippen molar-refractivity contribution in [3.8, 4) is 0 Å². The van der Waals surface area contributed by atoms with Gasteiger partial charge >= 0.3 is 5.97 Å². The summed E-state index contributed by atoms with van der Waals surface area (Å²) in [4.78, 5) is 13.0. The number of carboxylic acids is 1. The smallest absolute Gasteiger partial charge is 0.317 e. The van der Waals surface area contributed by atoms with Crippen LogP contribution in [0.15, 0.2) is 0 Å². The number of carboxylic acid groups (broad SMARTS) is 1. The monoisotopic (exact) mass is 299 g/mol. The molecule has 0 aliphatic heterocycles. The predicted octanol–water partition coefficient (Wildman–Crippen LogP) is 5.09. The topological polar surface area (TPSA) is 40.5 Å². The van der Waals surface area contributed by atoms with E-state index >= 15 is 0 Å². The first-order chi connectivity index (χ1) is 9.88. The van der Waals surface area contributed by atoms with Crippen molar-refractivity contribution < 1.29 is 9.90 Å². The highest BCUT2D eigenvalue weighted by Crippen LogP contribution is 2.15. The number of aliphatic carboxylic acids is 1. The summed E-state index contributed by atoms with van der Waals surface area (Å²) in [5.41, 5.74) is -0.0579. The van der Waals surface area contributed by atoms with Crippen LogP contribution in [0.5, 0.6) is 0 Å². The van der Waals surface area contributed by atoms with Gasteiger partial charge in [0.2, 0.25) is 0 Å². The average molecular weight is 299 g/mol. The molecule has 1 N–H and O–H groups in total. The average Bonchev–Trinajstić information content (AvgIpc) is 2.38. The fourth-order valence-electron chi connectivity index (χ4n) is 2.61. The molecule has 3 nitrogen and oxygen atoms in total. The molecular weight excluding hydrogens is 262 g/mol. The van der Waals surface area contributed by atoms with E-state index in [0.29, 0.717) is 0 Å². The Labute approximate surface area is 132 Å². The van der Waals surface area contributed by atoms with E-state index in [4.69, 9.17) is 5.11 Å². The van der Waals surface area contributed by atoms with Gasteiger partial charge in [0.25, 0.3) is 0 Å². The van der Waals surface area contributed by atoms with Crippen LogP contribution >= 0.6 is 0 Å². The van der Waals surface area contributed by atoms with Gasteiger partial charge in [-0.15, -0.1) is 0 Å². The van der Waals surface area contributed by atoms with Crippen LogP contribution in [0.4, 0.5) is 0 Å². The summed E-state index contributed by atoms with van der Waals surface area (Å²) >= 11 is 0. The second kappa shape index (κ2) is 12.0. The minimum absolute atomic E-state index is 0.0579. The molecule has 0 rings (SSSR count). The molecule has 0 bridgehead atoms. The fourth-order valence-corrected chi connectivity index (χ4v) is 2.61. The molecule has 0 spiro atoms. The minimum Gasteiger partial charge on any atom is -0.480 e. The second-order valence-electron chi connectivity index (χ2n) is 7.17. The molecule has 0 saturated heterocycles. The van der Waals surface area contributed by atoms with Crippen molar-refractivity contribution in [2.45, 2.75) is 97.4 Å². The van der Waals surface area contributed by atoms with Gasteiger partial charge in [-0.25, -0.2) is 0 Å². The molecule has 126 valence electrons. The summed E-state index contributed by atoms with van der Waals surface area (Å²) in [6, 6.07) is 0. The van der Waals surface area contributed by atoms with Crippen LogP contribution < -0.4 is 0 Å². The van der Waals surface area contributed by atoms with Crippen LogP contribution in [-0.4, -0.2) is 34.6 Å². The summed E-state index contributed by atoms with van der Waals surface area (Å²) < 4.78 is 0. The van der Waals surface area contributed by atoms with Gasteiger partial charge in [-0.1, -0.05) is 64.7 Å². The molecule has 0 aliphatic carbocycles. The summed E-state index contributed by atoms with van der Waals surface area (Å²) in [5, 5.41) is 8.97. The Morgan fingerprint density at radius 2 is 1.29 bits per heavy atom. The van der Waals surface area contributed by atoms with Crippen LogP contribution in [0.25, 0.3) is 0 Å². The van der Waals surface area contributed by atoms with Crippen molar-refractivity contribution in [3.05, 3.63) is 0 Å². The molecule has 21 heavy (non-hydrogen) atoms. The van der Waals surface area contributed by atoms with Gasteiger partial charge in [-0.2, -0.15) is 0 Å². The first-order valence-corrected chi connectivity index (χ1v) is 8.84. The molecule has 0 amide bonds. The zero-order chi connectivity index (χ0) is 16.1. The molecule has 0 saturated carbocycles. The van der Waals surface area contributed by atoms with Crippen LogP contribution in [0.2, 0.25) is 0 Å². The zero-order valence-electron chi connectivity index (χ0n) is 14.8. The van der Waals surface area contributed by atoms with E-state index in [9.17, 15) is 4.79 Å². The molecule has 3 heteroatoms. The van der Waals surface area contributed by atoms with Crippen LogP contribution in [0, 0.1) is 0 Å². The third-order valence-electron chi connectivity index (χ3n) is 4.06. The molecule has 0 atom stereocenters. The summed E-state index contributed by atoms with van der Waals surface area (Å²) in [6.45, 7) is 9.57. The standard InChI is InChI=1S/C18H37NO2/c1-5-6-7-8-9-10-11-12-13-14-15-19(16-17(20)21)18(2,3)4/h5-16H2,1-4H3,(H,20,21). The maximum Gasteiger partial charge on any atom is 0.317 e. The van der Waals surface area contributed by atoms with Crippen molar-refractivity contribution >= 4 is 5.97 Å². The van der Waals surface area contributed by atoms with Crippen LogP contribution in [0.1, 0.15) is 91.9 Å². The Hall–Kier alpha value is -0.570. The van der Waals surface area contributed by atoms with Gasteiger partial charge in [0, 0.05) is 5.54 Å². The highest BCUT2D eigenvalue weighted by atomic mass is 16.4. The Kier molecular flexibility index (Phi) is 11.7. The Morgan fingerprint density at radius 3 is 1.67 bits per heavy atom. The van der Waals surface area contributed by atoms with Crippen LogP contribution in [-0.2, 0) is 4.79 Å². The number of rotatable bonds is 13. The number of hydrogen-bond acceptors (Lipinski definition) is 2. The number of nitrogens with zero attached hydrogens (tertiary/aromatic N) is 1. The molecule has 0 aliphatic rings. The zero-order valence-corrected chi connectivity index (χ0v) is 14.8. The number of unbranched alkanes of at least 4 members (excludes halogenated alkanes) is 9. The molecule has 0 radical (unpaired) electrons. The maximum atomic E-state index is 10.9. The Morgan fingerprint density at radius 1 is 0.857 bits per heavy atom. The predicted molar refractivity (Wildman–Crippen MR) is 90.8 cm³/mol. The van der Waals surface area contributed by atoms with E-state index in [0.717, 1.165) is 13.0 Å². The van der Waals surface area contributed by atoms with E-state index in [1.54, 1.807) is 0 Å². The maximum absolute atomic E-state index is 10.9. The van der Waals surface area contributed by atoms with Crippen molar-refractivity contribution in [2.24, 2.45) is 0 Å². The lowest BCUT2D eigenvalue weighted by Crippen LogP contribution is -2.44. The third-order valence-corrected chi connectivity index (χ3v) is 4.06. The lowest BCUT2D eigenvalue weighted by molar-refractivity contribution is -0.139. The molecule has 0 aromatic heterocycles. The van der Waals surface area contributed by atoms with Crippen molar-refractivity contribution in [1.29, 1.82) is 0 Å². The lowest BCUT2D eigenvalue weighted by atomic mass is 10.0. The highest BCUT2D eigenvalue weighted by molar-refractivity contribution is 5.69. The van der Waals surface area contributed by atoms with Crippen molar-refractivity contribution in [1.82, 2.24) is 4.90 Å². The molecular formula is C18H37NO2. The Balaban J connectivity index is 3.56. The normalized spacial score (nSPS) is 12.0. The van der Waals surface area contributed by atoms with E-state index < -0.39 is 5.97 Å². The SMILES string of the molecule is CCCCCCCCCCCCN(CC(=O)O)C(C)(C)C. The molecule has 0 aromatic carbocycles. The number of carbonyl (C=O) groups is 1. The van der Waals surface area contributed by atoms with Gasteiger partial charge < -0.3 is 5.11 Å². The second-order valence-corrected chi connectivity index (χ2v) is 7.17. The van der Waals surface area contributed by atoms with E-state index in [2.05, 4.69) is 32.6 Å². The summed E-state index contributed by atoms with van der Waals surface area (Å²) in [7, 11) is 0. The van der Waals surface area contributed by atoms with Gasteiger partial charge in [0.1, 0.15) is 0 Å². The largest absolute Gasteiger partial charge is 0.480 e. The minimum atomic E-state index is -0.725.